The second-order valence-corrected chi connectivity index (χ2v) is 3.57. The number of rotatable bonds is 2. The molecule has 0 amide bonds. The van der Waals surface area contributed by atoms with Crippen LogP contribution < -0.4 is 0 Å². The van der Waals surface area contributed by atoms with Crippen molar-refractivity contribution in [2.45, 2.75) is 6.92 Å². The van der Waals surface area contributed by atoms with E-state index in [0.717, 1.165) is 16.8 Å². The molecule has 0 atom stereocenters. The highest BCUT2D eigenvalue weighted by Crippen LogP contribution is 2.14. The van der Waals surface area contributed by atoms with E-state index in [0.29, 0.717) is 0 Å². The first-order chi connectivity index (χ1) is 7.15. The second-order valence-electron chi connectivity index (χ2n) is 3.57. The fourth-order valence-electron chi connectivity index (χ4n) is 1.52. The Morgan fingerprint density at radius 3 is 2.80 bits per heavy atom. The molecule has 0 saturated carbocycles. The first-order valence-electron chi connectivity index (χ1n) is 4.76. The highest BCUT2D eigenvalue weighted by atomic mass is 19.1. The van der Waals surface area contributed by atoms with E-state index in [9.17, 15) is 4.39 Å². The van der Waals surface area contributed by atoms with Gasteiger partial charge in [0.1, 0.15) is 5.82 Å². The van der Waals surface area contributed by atoms with Crippen LogP contribution in [0, 0.1) is 19.2 Å². The fraction of sp³-hybridized carbons (Fsp3) is 0.167. The maximum Gasteiger partial charge on any atom is 0.123 e. The molecule has 0 spiro atoms. The van der Waals surface area contributed by atoms with Gasteiger partial charge in [-0.25, -0.2) is 4.39 Å². The molecular formula is C12H12FN2. The van der Waals surface area contributed by atoms with Crippen LogP contribution in [0.3, 0.4) is 0 Å². The van der Waals surface area contributed by atoms with Gasteiger partial charge < -0.3 is 0 Å². The van der Waals surface area contributed by atoms with Gasteiger partial charge in [-0.3, -0.25) is 4.68 Å². The minimum Gasteiger partial charge on any atom is -0.275 e. The Balaban J connectivity index is 2.25. The van der Waals surface area contributed by atoms with Crippen LogP contribution in [-0.4, -0.2) is 9.78 Å². The predicted octanol–water partition coefficient (Wildman–Crippen LogP) is 2.47. The standard InChI is InChI=1S/C12H12FN2/c1-9-8-15(2)14-12(9)7-10-4-3-5-11(13)6-10/h3-8H,1-2H3. The lowest BCUT2D eigenvalue weighted by atomic mass is 10.1. The first-order valence-corrected chi connectivity index (χ1v) is 4.76. The van der Waals surface area contributed by atoms with Gasteiger partial charge in [0, 0.05) is 19.7 Å². The Labute approximate surface area is 88.4 Å². The van der Waals surface area contributed by atoms with Gasteiger partial charge in [-0.2, -0.15) is 5.10 Å². The van der Waals surface area contributed by atoms with E-state index < -0.39 is 0 Å². The molecule has 15 heavy (non-hydrogen) atoms. The third-order valence-electron chi connectivity index (χ3n) is 2.20. The summed E-state index contributed by atoms with van der Waals surface area (Å²) >= 11 is 0. The summed E-state index contributed by atoms with van der Waals surface area (Å²) < 4.78 is 14.7. The van der Waals surface area contributed by atoms with E-state index >= 15 is 0 Å². The molecule has 0 fully saturated rings. The largest absolute Gasteiger partial charge is 0.275 e. The molecule has 0 aliphatic heterocycles. The molecule has 0 aliphatic rings. The van der Waals surface area contributed by atoms with Gasteiger partial charge in [0.05, 0.1) is 5.69 Å². The number of hydrogen-bond donors (Lipinski definition) is 0. The van der Waals surface area contributed by atoms with Crippen LogP contribution >= 0.6 is 0 Å². The summed E-state index contributed by atoms with van der Waals surface area (Å²) in [6.45, 7) is 1.98. The molecule has 0 aliphatic carbocycles. The summed E-state index contributed by atoms with van der Waals surface area (Å²) in [5.74, 6) is -0.225. The topological polar surface area (TPSA) is 17.8 Å². The van der Waals surface area contributed by atoms with E-state index in [1.807, 2.05) is 32.7 Å². The van der Waals surface area contributed by atoms with Gasteiger partial charge in [-0.05, 0) is 30.2 Å². The number of nitrogens with zero attached hydrogens (tertiary/aromatic N) is 2. The Morgan fingerprint density at radius 1 is 1.40 bits per heavy atom. The molecule has 1 aromatic heterocycles. The van der Waals surface area contributed by atoms with Crippen LogP contribution in [0.25, 0.3) is 0 Å². The molecular weight excluding hydrogens is 191 g/mol. The summed E-state index contributed by atoms with van der Waals surface area (Å²) in [4.78, 5) is 0. The normalized spacial score (nSPS) is 10.6. The Morgan fingerprint density at radius 2 is 2.20 bits per heavy atom. The molecule has 77 valence electrons. The lowest BCUT2D eigenvalue weighted by molar-refractivity contribution is 0.627. The van der Waals surface area contributed by atoms with Crippen LogP contribution in [0.2, 0.25) is 0 Å². The van der Waals surface area contributed by atoms with Gasteiger partial charge in [0.15, 0.2) is 0 Å². The van der Waals surface area contributed by atoms with E-state index in [2.05, 4.69) is 5.10 Å². The SMILES string of the molecule is Cc1cn(C)nc1[CH]c1cccc(F)c1. The molecule has 1 aromatic carbocycles. The van der Waals surface area contributed by atoms with Crippen molar-refractivity contribution in [3.05, 3.63) is 59.5 Å². The highest BCUT2D eigenvalue weighted by Gasteiger charge is 2.05. The Hall–Kier alpha value is -1.64. The number of hydrogen-bond acceptors (Lipinski definition) is 1. The first kappa shape index (κ1) is 9.90. The number of aryl methyl sites for hydroxylation is 2. The lowest BCUT2D eigenvalue weighted by Crippen LogP contribution is -1.92. The zero-order valence-electron chi connectivity index (χ0n) is 8.74. The third kappa shape index (κ3) is 2.24. The predicted molar refractivity (Wildman–Crippen MR) is 56.8 cm³/mol. The van der Waals surface area contributed by atoms with Crippen LogP contribution in [0.5, 0.6) is 0 Å². The van der Waals surface area contributed by atoms with Crippen molar-refractivity contribution in [1.29, 1.82) is 0 Å². The molecule has 2 aromatic rings. The van der Waals surface area contributed by atoms with Gasteiger partial charge in [0.2, 0.25) is 0 Å². The summed E-state index contributed by atoms with van der Waals surface area (Å²) in [5.41, 5.74) is 2.79. The minimum absolute atomic E-state index is 0.225. The fourth-order valence-corrected chi connectivity index (χ4v) is 1.52. The van der Waals surface area contributed by atoms with Crippen molar-refractivity contribution in [2.75, 3.05) is 0 Å². The molecule has 2 nitrogen and oxygen atoms in total. The van der Waals surface area contributed by atoms with Crippen molar-refractivity contribution >= 4 is 0 Å². The van der Waals surface area contributed by atoms with E-state index in [1.165, 1.54) is 12.1 Å². The van der Waals surface area contributed by atoms with Crippen molar-refractivity contribution in [3.8, 4) is 0 Å². The van der Waals surface area contributed by atoms with Crippen LogP contribution in [0.1, 0.15) is 16.8 Å². The third-order valence-corrected chi connectivity index (χ3v) is 2.20. The summed E-state index contributed by atoms with van der Waals surface area (Å²) in [6.07, 6.45) is 3.81. The quantitative estimate of drug-likeness (QED) is 0.733. The summed E-state index contributed by atoms with van der Waals surface area (Å²) in [6, 6.07) is 6.48. The number of benzene rings is 1. The van der Waals surface area contributed by atoms with Gasteiger partial charge >= 0.3 is 0 Å². The zero-order valence-corrected chi connectivity index (χ0v) is 8.74. The Kier molecular flexibility index (Phi) is 2.54. The van der Waals surface area contributed by atoms with Crippen molar-refractivity contribution in [3.63, 3.8) is 0 Å². The molecule has 1 radical (unpaired) electrons. The second kappa shape index (κ2) is 3.85. The van der Waals surface area contributed by atoms with Crippen molar-refractivity contribution in [1.82, 2.24) is 9.78 Å². The minimum atomic E-state index is -0.225. The zero-order chi connectivity index (χ0) is 10.8. The average molecular weight is 203 g/mol. The van der Waals surface area contributed by atoms with E-state index in [4.69, 9.17) is 0 Å². The van der Waals surface area contributed by atoms with E-state index in [-0.39, 0.29) is 5.82 Å². The Bertz CT molecular complexity index is 474. The molecule has 0 unspecified atom stereocenters. The molecule has 0 bridgehead atoms. The summed E-state index contributed by atoms with van der Waals surface area (Å²) in [7, 11) is 1.87. The molecule has 0 N–H and O–H groups in total. The monoisotopic (exact) mass is 203 g/mol. The lowest BCUT2D eigenvalue weighted by Gasteiger charge is -1.98. The molecule has 2 rings (SSSR count). The number of halogens is 1. The number of aromatic nitrogens is 2. The van der Waals surface area contributed by atoms with Crippen molar-refractivity contribution < 1.29 is 4.39 Å². The van der Waals surface area contributed by atoms with Gasteiger partial charge in [-0.15, -0.1) is 0 Å². The smallest absolute Gasteiger partial charge is 0.123 e. The van der Waals surface area contributed by atoms with Gasteiger partial charge in [-0.1, -0.05) is 12.1 Å². The highest BCUT2D eigenvalue weighted by molar-refractivity contribution is 5.36. The van der Waals surface area contributed by atoms with Crippen LogP contribution in [0.4, 0.5) is 4.39 Å². The molecule has 0 saturated heterocycles. The average Bonchev–Trinajstić information content (AvgIpc) is 2.45. The summed E-state index contributed by atoms with van der Waals surface area (Å²) in [5, 5.41) is 4.27. The molecule has 1 heterocycles. The van der Waals surface area contributed by atoms with Crippen LogP contribution in [-0.2, 0) is 7.05 Å². The van der Waals surface area contributed by atoms with E-state index in [1.54, 1.807) is 10.7 Å². The molecule has 3 heteroatoms. The van der Waals surface area contributed by atoms with Crippen LogP contribution in [0.15, 0.2) is 30.5 Å². The maximum absolute atomic E-state index is 12.9. The van der Waals surface area contributed by atoms with Crippen molar-refractivity contribution in [2.24, 2.45) is 7.05 Å². The maximum atomic E-state index is 12.9. The van der Waals surface area contributed by atoms with Gasteiger partial charge in [0.25, 0.3) is 0 Å².